The zero-order valence-electron chi connectivity index (χ0n) is 12.4. The molecule has 0 heterocycles. The van der Waals surface area contributed by atoms with E-state index in [9.17, 15) is 4.39 Å². The summed E-state index contributed by atoms with van der Waals surface area (Å²) < 4.78 is 18.5. The van der Waals surface area contributed by atoms with Crippen LogP contribution in [0.25, 0.3) is 0 Å². The first-order valence-electron chi connectivity index (χ1n) is 7.32. The fourth-order valence-corrected chi connectivity index (χ4v) is 2.87. The SMILES string of the molecule is COc1cccc(C2CC(Nc3ccc(F)c(C)c3)C2)c1. The van der Waals surface area contributed by atoms with E-state index in [1.54, 1.807) is 20.1 Å². The minimum Gasteiger partial charge on any atom is -0.497 e. The molecule has 110 valence electrons. The molecule has 0 saturated heterocycles. The molecule has 1 N–H and O–H groups in total. The van der Waals surface area contributed by atoms with Gasteiger partial charge in [-0.1, -0.05) is 12.1 Å². The molecule has 21 heavy (non-hydrogen) atoms. The Morgan fingerprint density at radius 3 is 2.67 bits per heavy atom. The topological polar surface area (TPSA) is 21.3 Å². The number of hydrogen-bond acceptors (Lipinski definition) is 2. The van der Waals surface area contributed by atoms with Gasteiger partial charge in [0.25, 0.3) is 0 Å². The molecule has 2 nitrogen and oxygen atoms in total. The summed E-state index contributed by atoms with van der Waals surface area (Å²) in [6.07, 6.45) is 2.20. The molecule has 1 fully saturated rings. The fourth-order valence-electron chi connectivity index (χ4n) is 2.87. The van der Waals surface area contributed by atoms with Crippen molar-refractivity contribution in [1.29, 1.82) is 0 Å². The molecule has 2 aromatic rings. The van der Waals surface area contributed by atoms with Gasteiger partial charge >= 0.3 is 0 Å². The lowest BCUT2D eigenvalue weighted by Crippen LogP contribution is -2.34. The van der Waals surface area contributed by atoms with Crippen LogP contribution in [0.15, 0.2) is 42.5 Å². The van der Waals surface area contributed by atoms with Gasteiger partial charge in [0, 0.05) is 11.7 Å². The first-order chi connectivity index (χ1) is 10.2. The number of anilines is 1. The average Bonchev–Trinajstić information content (AvgIpc) is 2.46. The number of ether oxygens (including phenoxy) is 1. The Labute approximate surface area is 125 Å². The largest absolute Gasteiger partial charge is 0.497 e. The van der Waals surface area contributed by atoms with Crippen LogP contribution in [0.2, 0.25) is 0 Å². The van der Waals surface area contributed by atoms with E-state index in [4.69, 9.17) is 4.74 Å². The molecule has 2 aromatic carbocycles. The maximum absolute atomic E-state index is 13.2. The number of halogens is 1. The lowest BCUT2D eigenvalue weighted by molar-refractivity contribution is 0.370. The molecule has 0 aromatic heterocycles. The van der Waals surface area contributed by atoms with Gasteiger partial charge in [-0.15, -0.1) is 0 Å². The lowest BCUT2D eigenvalue weighted by Gasteiger charge is -2.37. The molecule has 3 rings (SSSR count). The van der Waals surface area contributed by atoms with Crippen LogP contribution < -0.4 is 10.1 Å². The zero-order chi connectivity index (χ0) is 14.8. The molecular formula is C18H20FNO. The monoisotopic (exact) mass is 285 g/mol. The van der Waals surface area contributed by atoms with Gasteiger partial charge in [-0.2, -0.15) is 0 Å². The van der Waals surface area contributed by atoms with E-state index < -0.39 is 0 Å². The smallest absolute Gasteiger partial charge is 0.126 e. The van der Waals surface area contributed by atoms with Crippen LogP contribution in [0.3, 0.4) is 0 Å². The van der Waals surface area contributed by atoms with E-state index in [-0.39, 0.29) is 5.82 Å². The predicted molar refractivity (Wildman–Crippen MR) is 83.5 cm³/mol. The van der Waals surface area contributed by atoms with Crippen molar-refractivity contribution in [2.75, 3.05) is 12.4 Å². The molecule has 0 radical (unpaired) electrons. The van der Waals surface area contributed by atoms with E-state index in [0.29, 0.717) is 17.5 Å². The maximum atomic E-state index is 13.2. The first kappa shape index (κ1) is 13.9. The molecular weight excluding hydrogens is 265 g/mol. The normalized spacial score (nSPS) is 20.7. The molecule has 3 heteroatoms. The lowest BCUT2D eigenvalue weighted by atomic mass is 9.75. The van der Waals surface area contributed by atoms with Crippen molar-refractivity contribution in [2.45, 2.75) is 31.7 Å². The van der Waals surface area contributed by atoms with Crippen molar-refractivity contribution in [3.63, 3.8) is 0 Å². The van der Waals surface area contributed by atoms with Gasteiger partial charge in [0.2, 0.25) is 0 Å². The van der Waals surface area contributed by atoms with Crippen molar-refractivity contribution in [3.8, 4) is 5.75 Å². The van der Waals surface area contributed by atoms with Gasteiger partial charge in [0.15, 0.2) is 0 Å². The Balaban J connectivity index is 1.59. The molecule has 0 spiro atoms. The van der Waals surface area contributed by atoms with Crippen LogP contribution in [0, 0.1) is 12.7 Å². The number of hydrogen-bond donors (Lipinski definition) is 1. The van der Waals surface area contributed by atoms with Crippen LogP contribution >= 0.6 is 0 Å². The summed E-state index contributed by atoms with van der Waals surface area (Å²) in [6, 6.07) is 13.9. The van der Waals surface area contributed by atoms with Crippen LogP contribution in [-0.4, -0.2) is 13.2 Å². The Morgan fingerprint density at radius 2 is 1.95 bits per heavy atom. The standard InChI is InChI=1S/C18H20FNO/c1-12-8-15(6-7-18(12)19)20-16-9-14(10-16)13-4-3-5-17(11-13)21-2/h3-8,11,14,16,20H,9-10H2,1-2H3. The quantitative estimate of drug-likeness (QED) is 0.893. The third kappa shape index (κ3) is 3.02. The number of benzene rings is 2. The molecule has 0 aliphatic heterocycles. The Morgan fingerprint density at radius 1 is 1.14 bits per heavy atom. The summed E-state index contributed by atoms with van der Waals surface area (Å²) in [5.41, 5.74) is 3.02. The second-order valence-corrected chi connectivity index (χ2v) is 5.75. The summed E-state index contributed by atoms with van der Waals surface area (Å²) in [5, 5.41) is 3.48. The minimum absolute atomic E-state index is 0.150. The molecule has 0 bridgehead atoms. The van der Waals surface area contributed by atoms with Crippen molar-refractivity contribution < 1.29 is 9.13 Å². The molecule has 1 saturated carbocycles. The Hall–Kier alpha value is -2.03. The van der Waals surface area contributed by atoms with Crippen molar-refractivity contribution in [2.24, 2.45) is 0 Å². The van der Waals surface area contributed by atoms with E-state index >= 15 is 0 Å². The van der Waals surface area contributed by atoms with Crippen molar-refractivity contribution in [3.05, 3.63) is 59.4 Å². The Bertz CT molecular complexity index is 635. The highest BCUT2D eigenvalue weighted by molar-refractivity contribution is 5.47. The van der Waals surface area contributed by atoms with E-state index in [2.05, 4.69) is 17.4 Å². The first-order valence-corrected chi connectivity index (χ1v) is 7.32. The predicted octanol–water partition coefficient (Wildman–Crippen LogP) is 4.50. The second kappa shape index (κ2) is 5.76. The average molecular weight is 285 g/mol. The zero-order valence-corrected chi connectivity index (χ0v) is 12.4. The minimum atomic E-state index is -0.150. The van der Waals surface area contributed by atoms with Gasteiger partial charge in [0.05, 0.1) is 7.11 Å². The Kier molecular flexibility index (Phi) is 3.82. The van der Waals surface area contributed by atoms with E-state index in [1.807, 2.05) is 18.2 Å². The number of nitrogens with one attached hydrogen (secondary N) is 1. The summed E-state index contributed by atoms with van der Waals surface area (Å²) >= 11 is 0. The van der Waals surface area contributed by atoms with Gasteiger partial charge < -0.3 is 10.1 Å². The van der Waals surface area contributed by atoms with Crippen LogP contribution in [0.4, 0.5) is 10.1 Å². The van der Waals surface area contributed by atoms with Crippen LogP contribution in [-0.2, 0) is 0 Å². The molecule has 0 atom stereocenters. The summed E-state index contributed by atoms with van der Waals surface area (Å²) in [4.78, 5) is 0. The van der Waals surface area contributed by atoms with Gasteiger partial charge in [-0.25, -0.2) is 4.39 Å². The van der Waals surface area contributed by atoms with Crippen molar-refractivity contribution in [1.82, 2.24) is 0 Å². The van der Waals surface area contributed by atoms with Gasteiger partial charge in [-0.05, 0) is 67.1 Å². The highest BCUT2D eigenvalue weighted by Gasteiger charge is 2.30. The summed E-state index contributed by atoms with van der Waals surface area (Å²) in [6.45, 7) is 1.79. The fraction of sp³-hybridized carbons (Fsp3) is 0.333. The number of rotatable bonds is 4. The second-order valence-electron chi connectivity index (χ2n) is 5.75. The van der Waals surface area contributed by atoms with E-state index in [1.165, 1.54) is 11.6 Å². The number of aryl methyl sites for hydroxylation is 1. The van der Waals surface area contributed by atoms with Crippen molar-refractivity contribution >= 4 is 5.69 Å². The maximum Gasteiger partial charge on any atom is 0.126 e. The molecule has 1 aliphatic carbocycles. The summed E-state index contributed by atoms with van der Waals surface area (Å²) in [5.74, 6) is 1.35. The van der Waals surface area contributed by atoms with Crippen LogP contribution in [0.5, 0.6) is 5.75 Å². The van der Waals surface area contributed by atoms with Gasteiger partial charge in [-0.3, -0.25) is 0 Å². The molecule has 0 unspecified atom stereocenters. The van der Waals surface area contributed by atoms with Gasteiger partial charge in [0.1, 0.15) is 11.6 Å². The third-order valence-electron chi connectivity index (χ3n) is 4.23. The van der Waals surface area contributed by atoms with E-state index in [0.717, 1.165) is 24.3 Å². The van der Waals surface area contributed by atoms with Crippen LogP contribution in [0.1, 0.15) is 29.9 Å². The molecule has 0 amide bonds. The molecule has 1 aliphatic rings. The number of methoxy groups -OCH3 is 1. The summed E-state index contributed by atoms with van der Waals surface area (Å²) in [7, 11) is 1.70. The highest BCUT2D eigenvalue weighted by atomic mass is 19.1. The highest BCUT2D eigenvalue weighted by Crippen LogP contribution is 2.39. The third-order valence-corrected chi connectivity index (χ3v) is 4.23.